The van der Waals surface area contributed by atoms with E-state index in [-0.39, 0.29) is 22.3 Å². The second-order valence-corrected chi connectivity index (χ2v) is 8.77. The third-order valence-electron chi connectivity index (χ3n) is 6.10. The van der Waals surface area contributed by atoms with Crippen molar-refractivity contribution in [2.45, 2.75) is 12.8 Å². The summed E-state index contributed by atoms with van der Waals surface area (Å²) in [4.78, 5) is 25.6. The number of halogens is 1. The van der Waals surface area contributed by atoms with E-state index in [2.05, 4.69) is 15.4 Å². The zero-order valence-electron chi connectivity index (χ0n) is 19.0. The van der Waals surface area contributed by atoms with Gasteiger partial charge in [-0.1, -0.05) is 35.9 Å². The van der Waals surface area contributed by atoms with Gasteiger partial charge in [-0.2, -0.15) is 5.10 Å². The van der Waals surface area contributed by atoms with Crippen molar-refractivity contribution in [2.24, 2.45) is 11.0 Å². The third kappa shape index (κ3) is 6.09. The third-order valence-corrected chi connectivity index (χ3v) is 6.40. The number of benzene rings is 3. The van der Waals surface area contributed by atoms with Crippen LogP contribution in [0.1, 0.15) is 28.8 Å². The summed E-state index contributed by atoms with van der Waals surface area (Å²) < 4.78 is 6.07. The Morgan fingerprint density at radius 3 is 2.57 bits per heavy atom. The molecule has 4 rings (SSSR count). The molecule has 1 saturated heterocycles. The Hall–Kier alpha value is -3.62. The van der Waals surface area contributed by atoms with E-state index in [1.807, 2.05) is 36.4 Å². The zero-order chi connectivity index (χ0) is 24.8. The number of phenolic OH excluding ortho intramolecular Hbond substituents is 1. The number of amides is 1. The van der Waals surface area contributed by atoms with Crippen LogP contribution in [-0.2, 0) is 4.79 Å². The molecule has 0 aliphatic carbocycles. The SMILES string of the molecule is O=C(N/N=C/c1ccc(OCCN2CCC(C(=O)O)CC2)c2ccccc12)c1ccc(O)c(Cl)c1. The van der Waals surface area contributed by atoms with Crippen molar-refractivity contribution in [2.75, 3.05) is 26.2 Å². The van der Waals surface area contributed by atoms with Gasteiger partial charge in [-0.15, -0.1) is 0 Å². The molecule has 1 heterocycles. The summed E-state index contributed by atoms with van der Waals surface area (Å²) >= 11 is 5.86. The number of likely N-dealkylation sites (tertiary alicyclic amines) is 1. The molecular formula is C26H26ClN3O5. The molecule has 9 heteroatoms. The fourth-order valence-electron chi connectivity index (χ4n) is 4.09. The van der Waals surface area contributed by atoms with Crippen LogP contribution in [-0.4, -0.2) is 59.4 Å². The van der Waals surface area contributed by atoms with Gasteiger partial charge in [0.2, 0.25) is 0 Å². The standard InChI is InChI=1S/C26H26ClN3O5/c27-22-15-18(5-7-23(22)31)25(32)29-28-16-19-6-8-24(21-4-2-1-3-20(19)21)35-14-13-30-11-9-17(10-12-30)26(33)34/h1-8,15-17,31H,9-14H2,(H,29,32)(H,33,34)/b28-16+. The molecule has 0 atom stereocenters. The molecule has 0 saturated carbocycles. The lowest BCUT2D eigenvalue weighted by molar-refractivity contribution is -0.143. The Balaban J connectivity index is 1.38. The van der Waals surface area contributed by atoms with Crippen molar-refractivity contribution < 1.29 is 24.5 Å². The van der Waals surface area contributed by atoms with E-state index in [4.69, 9.17) is 21.4 Å². The molecule has 3 aromatic rings. The first-order chi connectivity index (χ1) is 16.9. The zero-order valence-corrected chi connectivity index (χ0v) is 19.7. The van der Waals surface area contributed by atoms with Crippen molar-refractivity contribution in [3.8, 4) is 11.5 Å². The van der Waals surface area contributed by atoms with Gasteiger partial charge in [-0.25, -0.2) is 5.43 Å². The van der Waals surface area contributed by atoms with Gasteiger partial charge in [0.1, 0.15) is 18.1 Å². The number of phenols is 1. The predicted octanol–water partition coefficient (Wildman–Crippen LogP) is 4.14. The molecule has 182 valence electrons. The highest BCUT2D eigenvalue weighted by atomic mass is 35.5. The minimum Gasteiger partial charge on any atom is -0.506 e. The van der Waals surface area contributed by atoms with E-state index < -0.39 is 11.9 Å². The van der Waals surface area contributed by atoms with Crippen LogP contribution in [0.25, 0.3) is 10.8 Å². The normalized spacial score (nSPS) is 14.9. The summed E-state index contributed by atoms with van der Waals surface area (Å²) in [5.41, 5.74) is 3.57. The Kier molecular flexibility index (Phi) is 7.84. The van der Waals surface area contributed by atoms with Crippen LogP contribution < -0.4 is 10.2 Å². The highest BCUT2D eigenvalue weighted by Gasteiger charge is 2.24. The summed E-state index contributed by atoms with van der Waals surface area (Å²) in [5, 5.41) is 24.7. The monoisotopic (exact) mass is 495 g/mol. The van der Waals surface area contributed by atoms with Crippen molar-refractivity contribution in [3.63, 3.8) is 0 Å². The molecule has 1 fully saturated rings. The molecule has 0 spiro atoms. The predicted molar refractivity (Wildman–Crippen MR) is 134 cm³/mol. The second kappa shape index (κ2) is 11.2. The van der Waals surface area contributed by atoms with Crippen LogP contribution >= 0.6 is 11.6 Å². The van der Waals surface area contributed by atoms with E-state index in [1.54, 1.807) is 6.21 Å². The number of rotatable bonds is 8. The summed E-state index contributed by atoms with van der Waals surface area (Å²) in [7, 11) is 0. The van der Waals surface area contributed by atoms with Gasteiger partial charge in [0.05, 0.1) is 17.2 Å². The molecule has 3 aromatic carbocycles. The Bertz CT molecular complexity index is 1250. The molecule has 1 amide bonds. The first kappa shape index (κ1) is 24.5. The number of hydrogen-bond donors (Lipinski definition) is 3. The maximum atomic E-state index is 12.3. The number of nitrogens with one attached hydrogen (secondary N) is 1. The smallest absolute Gasteiger partial charge is 0.306 e. The molecule has 0 radical (unpaired) electrons. The van der Waals surface area contributed by atoms with Gasteiger partial charge in [-0.05, 0) is 61.6 Å². The number of ether oxygens (including phenoxy) is 1. The minimum atomic E-state index is -0.708. The van der Waals surface area contributed by atoms with Crippen molar-refractivity contribution in [3.05, 3.63) is 70.7 Å². The quantitative estimate of drug-likeness (QED) is 0.320. The first-order valence-electron chi connectivity index (χ1n) is 11.3. The maximum absolute atomic E-state index is 12.3. The number of carbonyl (C=O) groups is 2. The van der Waals surface area contributed by atoms with E-state index in [1.165, 1.54) is 18.2 Å². The van der Waals surface area contributed by atoms with Crippen LogP contribution in [0.3, 0.4) is 0 Å². The van der Waals surface area contributed by atoms with Crippen LogP contribution in [0, 0.1) is 5.92 Å². The number of carbonyl (C=O) groups excluding carboxylic acids is 1. The fourth-order valence-corrected chi connectivity index (χ4v) is 4.28. The van der Waals surface area contributed by atoms with Gasteiger partial charge in [0, 0.05) is 23.1 Å². The molecule has 1 aliphatic rings. The molecule has 8 nitrogen and oxygen atoms in total. The molecular weight excluding hydrogens is 470 g/mol. The number of fused-ring (bicyclic) bond motifs is 1. The largest absolute Gasteiger partial charge is 0.506 e. The summed E-state index contributed by atoms with van der Waals surface area (Å²) in [6, 6.07) is 15.7. The van der Waals surface area contributed by atoms with Crippen molar-refractivity contribution in [1.29, 1.82) is 0 Å². The molecule has 35 heavy (non-hydrogen) atoms. The van der Waals surface area contributed by atoms with Gasteiger partial charge in [0.15, 0.2) is 0 Å². The van der Waals surface area contributed by atoms with Crippen LogP contribution in [0.15, 0.2) is 59.7 Å². The fraction of sp³-hybridized carbons (Fsp3) is 0.269. The topological polar surface area (TPSA) is 111 Å². The summed E-state index contributed by atoms with van der Waals surface area (Å²) in [6.45, 7) is 2.76. The Labute approximate surface area is 207 Å². The van der Waals surface area contributed by atoms with E-state index in [0.29, 0.717) is 19.4 Å². The minimum absolute atomic E-state index is 0.0907. The average molecular weight is 496 g/mol. The van der Waals surface area contributed by atoms with Crippen LogP contribution in [0.4, 0.5) is 0 Å². The van der Waals surface area contributed by atoms with Gasteiger partial charge in [0.25, 0.3) is 5.91 Å². The van der Waals surface area contributed by atoms with Crippen LogP contribution in [0.5, 0.6) is 11.5 Å². The number of hydrogen-bond acceptors (Lipinski definition) is 6. The number of aliphatic carboxylic acids is 1. The van der Waals surface area contributed by atoms with Gasteiger partial charge < -0.3 is 14.9 Å². The van der Waals surface area contributed by atoms with E-state index >= 15 is 0 Å². The van der Waals surface area contributed by atoms with Gasteiger partial charge >= 0.3 is 5.97 Å². The van der Waals surface area contributed by atoms with Gasteiger partial charge in [-0.3, -0.25) is 14.5 Å². The molecule has 0 bridgehead atoms. The lowest BCUT2D eigenvalue weighted by atomic mass is 9.97. The number of carboxylic acid groups (broad SMARTS) is 1. The average Bonchev–Trinajstić information content (AvgIpc) is 2.87. The number of carboxylic acids is 1. The molecule has 1 aliphatic heterocycles. The number of nitrogens with zero attached hydrogens (tertiary/aromatic N) is 2. The van der Waals surface area contributed by atoms with E-state index in [9.17, 15) is 14.7 Å². The van der Waals surface area contributed by atoms with Crippen molar-refractivity contribution in [1.82, 2.24) is 10.3 Å². The maximum Gasteiger partial charge on any atom is 0.306 e. The first-order valence-corrected chi connectivity index (χ1v) is 11.7. The van der Waals surface area contributed by atoms with E-state index in [0.717, 1.165) is 41.7 Å². The summed E-state index contributed by atoms with van der Waals surface area (Å²) in [5.74, 6) is -0.738. The highest BCUT2D eigenvalue weighted by Crippen LogP contribution is 2.28. The number of aromatic hydroxyl groups is 1. The lowest BCUT2D eigenvalue weighted by Crippen LogP contribution is -2.38. The Morgan fingerprint density at radius 1 is 1.11 bits per heavy atom. The second-order valence-electron chi connectivity index (χ2n) is 8.37. The van der Waals surface area contributed by atoms with Crippen LogP contribution in [0.2, 0.25) is 5.02 Å². The van der Waals surface area contributed by atoms with Crippen molar-refractivity contribution >= 4 is 40.5 Å². The molecule has 3 N–H and O–H groups in total. The number of piperidine rings is 1. The summed E-state index contributed by atoms with van der Waals surface area (Å²) in [6.07, 6.45) is 2.91. The Morgan fingerprint density at radius 2 is 1.86 bits per heavy atom. The highest BCUT2D eigenvalue weighted by molar-refractivity contribution is 6.32. The molecule has 0 aromatic heterocycles. The number of hydrazone groups is 1. The molecule has 0 unspecified atom stereocenters. The lowest BCUT2D eigenvalue weighted by Gasteiger charge is -2.29.